The van der Waals surface area contributed by atoms with Crippen LogP contribution in [0.1, 0.15) is 15.3 Å². The average Bonchev–Trinajstić information content (AvgIpc) is 2.95. The van der Waals surface area contributed by atoms with E-state index < -0.39 is 0 Å². The van der Waals surface area contributed by atoms with Gasteiger partial charge in [-0.15, -0.1) is 11.3 Å². The number of hydrogen-bond donors (Lipinski definition) is 0. The van der Waals surface area contributed by atoms with E-state index in [-0.39, 0.29) is 4.83 Å². The van der Waals surface area contributed by atoms with E-state index in [1.165, 1.54) is 4.88 Å². The van der Waals surface area contributed by atoms with Gasteiger partial charge in [-0.3, -0.25) is 0 Å². The summed E-state index contributed by atoms with van der Waals surface area (Å²) in [6, 6.07) is 8.09. The summed E-state index contributed by atoms with van der Waals surface area (Å²) in [6.07, 6.45) is 0. The lowest BCUT2D eigenvalue weighted by atomic mass is 10.1. The number of methoxy groups -OCH3 is 1. The Morgan fingerprint density at radius 1 is 1.21 bits per heavy atom. The van der Waals surface area contributed by atoms with E-state index in [1.54, 1.807) is 18.4 Å². The minimum Gasteiger partial charge on any atom is -0.496 e. The summed E-state index contributed by atoms with van der Waals surface area (Å²) < 4.78 is 16.4. The van der Waals surface area contributed by atoms with E-state index >= 15 is 0 Å². The van der Waals surface area contributed by atoms with Crippen molar-refractivity contribution in [3.63, 3.8) is 0 Å². The normalized spacial score (nSPS) is 15.1. The molecule has 1 aromatic carbocycles. The summed E-state index contributed by atoms with van der Waals surface area (Å²) in [6.45, 7) is 1.22. The first-order chi connectivity index (χ1) is 9.28. The number of rotatable bonds is 3. The van der Waals surface area contributed by atoms with Crippen LogP contribution >= 0.6 is 27.3 Å². The van der Waals surface area contributed by atoms with E-state index in [0.717, 1.165) is 22.8 Å². The first kappa shape index (κ1) is 12.8. The van der Waals surface area contributed by atoms with Crippen LogP contribution in [0.3, 0.4) is 0 Å². The topological polar surface area (TPSA) is 27.7 Å². The lowest BCUT2D eigenvalue weighted by Gasteiger charge is -2.19. The van der Waals surface area contributed by atoms with Crippen molar-refractivity contribution in [2.45, 2.75) is 4.83 Å². The summed E-state index contributed by atoms with van der Waals surface area (Å²) in [7, 11) is 1.68. The van der Waals surface area contributed by atoms with Gasteiger partial charge in [0, 0.05) is 10.3 Å². The van der Waals surface area contributed by atoms with Crippen molar-refractivity contribution in [1.29, 1.82) is 0 Å². The van der Waals surface area contributed by atoms with Crippen molar-refractivity contribution in [3.8, 4) is 17.2 Å². The highest BCUT2D eigenvalue weighted by molar-refractivity contribution is 9.09. The Morgan fingerprint density at radius 2 is 2.00 bits per heavy atom. The molecular weight excluding hydrogens is 328 g/mol. The zero-order valence-corrected chi connectivity index (χ0v) is 12.8. The van der Waals surface area contributed by atoms with Crippen LogP contribution in [0.2, 0.25) is 0 Å². The van der Waals surface area contributed by atoms with Gasteiger partial charge in [0.15, 0.2) is 11.5 Å². The van der Waals surface area contributed by atoms with Gasteiger partial charge in [0.1, 0.15) is 19.0 Å². The summed E-state index contributed by atoms with van der Waals surface area (Å²) in [5.41, 5.74) is 1.15. The van der Waals surface area contributed by atoms with Crippen LogP contribution in [-0.2, 0) is 0 Å². The fourth-order valence-corrected chi connectivity index (χ4v) is 3.55. The molecule has 0 N–H and O–H groups in total. The third-order valence-electron chi connectivity index (χ3n) is 2.94. The number of thiophene rings is 1. The van der Waals surface area contributed by atoms with Crippen molar-refractivity contribution < 1.29 is 14.2 Å². The van der Waals surface area contributed by atoms with Crippen LogP contribution in [0.15, 0.2) is 29.6 Å². The SMILES string of the molecule is COc1csc(C(Br)c2ccc3c(c2)OCCO3)c1. The summed E-state index contributed by atoms with van der Waals surface area (Å²) in [4.78, 5) is 1.34. The highest BCUT2D eigenvalue weighted by Crippen LogP contribution is 2.40. The molecule has 0 bridgehead atoms. The van der Waals surface area contributed by atoms with Gasteiger partial charge >= 0.3 is 0 Å². The fraction of sp³-hybridized carbons (Fsp3) is 0.286. The molecule has 0 amide bonds. The Balaban J connectivity index is 1.88. The molecule has 1 atom stereocenters. The van der Waals surface area contributed by atoms with Crippen molar-refractivity contribution in [2.24, 2.45) is 0 Å². The lowest BCUT2D eigenvalue weighted by Crippen LogP contribution is -2.15. The number of hydrogen-bond acceptors (Lipinski definition) is 4. The Hall–Kier alpha value is -1.20. The molecule has 1 aliphatic heterocycles. The summed E-state index contributed by atoms with van der Waals surface area (Å²) >= 11 is 5.39. The van der Waals surface area contributed by atoms with Gasteiger partial charge in [0.25, 0.3) is 0 Å². The smallest absolute Gasteiger partial charge is 0.161 e. The molecule has 0 spiro atoms. The van der Waals surface area contributed by atoms with Crippen LogP contribution in [0.5, 0.6) is 17.2 Å². The monoisotopic (exact) mass is 340 g/mol. The predicted octanol–water partition coefficient (Wildman–Crippen LogP) is 4.01. The predicted molar refractivity (Wildman–Crippen MR) is 79.1 cm³/mol. The minimum atomic E-state index is 0.136. The molecule has 19 heavy (non-hydrogen) atoms. The van der Waals surface area contributed by atoms with Crippen LogP contribution in [0.4, 0.5) is 0 Å². The zero-order chi connectivity index (χ0) is 13.2. The van der Waals surface area contributed by atoms with Crippen molar-refractivity contribution >= 4 is 27.3 Å². The van der Waals surface area contributed by atoms with E-state index in [2.05, 4.69) is 22.0 Å². The second kappa shape index (κ2) is 5.43. The molecule has 0 radical (unpaired) electrons. The van der Waals surface area contributed by atoms with Gasteiger partial charge in [0.05, 0.1) is 11.9 Å². The van der Waals surface area contributed by atoms with Crippen LogP contribution < -0.4 is 14.2 Å². The fourth-order valence-electron chi connectivity index (χ4n) is 1.96. The third kappa shape index (κ3) is 2.58. The molecule has 3 rings (SSSR count). The quantitative estimate of drug-likeness (QED) is 0.790. The van der Waals surface area contributed by atoms with Crippen molar-refractivity contribution in [1.82, 2.24) is 0 Å². The third-order valence-corrected chi connectivity index (χ3v) is 5.24. The van der Waals surface area contributed by atoms with Gasteiger partial charge in [-0.05, 0) is 23.8 Å². The summed E-state index contributed by atoms with van der Waals surface area (Å²) in [5, 5.41) is 2.00. The zero-order valence-electron chi connectivity index (χ0n) is 10.4. The molecule has 0 aliphatic carbocycles. The number of halogens is 1. The van der Waals surface area contributed by atoms with Gasteiger partial charge in [-0.25, -0.2) is 0 Å². The van der Waals surface area contributed by atoms with Gasteiger partial charge < -0.3 is 14.2 Å². The maximum Gasteiger partial charge on any atom is 0.161 e. The van der Waals surface area contributed by atoms with E-state index in [4.69, 9.17) is 14.2 Å². The molecule has 1 unspecified atom stereocenters. The molecule has 0 fully saturated rings. The first-order valence-corrected chi connectivity index (χ1v) is 7.73. The number of ether oxygens (including phenoxy) is 3. The molecule has 1 aliphatic rings. The largest absolute Gasteiger partial charge is 0.496 e. The molecule has 2 aromatic rings. The minimum absolute atomic E-state index is 0.136. The Labute approximate surface area is 124 Å². The standard InChI is InChI=1S/C14H13BrO3S/c1-16-10-7-13(19-8-10)14(15)9-2-3-11-12(6-9)18-5-4-17-11/h2-3,6-8,14H,4-5H2,1H3. The second-order valence-electron chi connectivity index (χ2n) is 4.15. The molecular formula is C14H13BrO3S. The lowest BCUT2D eigenvalue weighted by molar-refractivity contribution is 0.171. The maximum atomic E-state index is 5.61. The van der Waals surface area contributed by atoms with Gasteiger partial charge in [-0.1, -0.05) is 22.0 Å². The highest BCUT2D eigenvalue weighted by atomic mass is 79.9. The number of alkyl halides is 1. The molecule has 2 heterocycles. The maximum absolute atomic E-state index is 5.61. The Morgan fingerprint density at radius 3 is 2.74 bits per heavy atom. The van der Waals surface area contributed by atoms with Gasteiger partial charge in [0.2, 0.25) is 0 Å². The van der Waals surface area contributed by atoms with Crippen LogP contribution in [-0.4, -0.2) is 20.3 Å². The Kier molecular flexibility index (Phi) is 3.66. The molecule has 1 aromatic heterocycles. The first-order valence-electron chi connectivity index (χ1n) is 5.94. The molecule has 3 nitrogen and oxygen atoms in total. The molecule has 100 valence electrons. The Bertz CT molecular complexity index is 582. The number of fused-ring (bicyclic) bond motifs is 1. The van der Waals surface area contributed by atoms with E-state index in [9.17, 15) is 0 Å². The highest BCUT2D eigenvalue weighted by Gasteiger charge is 2.17. The summed E-state index contributed by atoms with van der Waals surface area (Å²) in [5.74, 6) is 2.53. The number of benzene rings is 1. The van der Waals surface area contributed by atoms with Crippen LogP contribution in [0, 0.1) is 0 Å². The molecule has 0 saturated carbocycles. The van der Waals surface area contributed by atoms with Gasteiger partial charge in [-0.2, -0.15) is 0 Å². The molecule has 5 heteroatoms. The van der Waals surface area contributed by atoms with Crippen molar-refractivity contribution in [3.05, 3.63) is 40.1 Å². The van der Waals surface area contributed by atoms with E-state index in [0.29, 0.717) is 13.2 Å². The second-order valence-corrected chi connectivity index (χ2v) is 6.01. The van der Waals surface area contributed by atoms with Crippen molar-refractivity contribution in [2.75, 3.05) is 20.3 Å². The van der Waals surface area contributed by atoms with E-state index in [1.807, 2.05) is 23.6 Å². The molecule has 0 saturated heterocycles. The average molecular weight is 341 g/mol. The van der Waals surface area contributed by atoms with Crippen LogP contribution in [0.25, 0.3) is 0 Å².